The highest BCUT2D eigenvalue weighted by molar-refractivity contribution is 5.91. The van der Waals surface area contributed by atoms with Gasteiger partial charge in [0, 0.05) is 0 Å². The van der Waals surface area contributed by atoms with Crippen molar-refractivity contribution >= 4 is 5.97 Å². The average Bonchev–Trinajstić information content (AvgIpc) is 2.38. The monoisotopic (exact) mass is 282 g/mol. The first-order valence-corrected chi connectivity index (χ1v) is 6.84. The van der Waals surface area contributed by atoms with Crippen LogP contribution in [0.1, 0.15) is 49.9 Å². The lowest BCUT2D eigenvalue weighted by Crippen LogP contribution is -2.06. The third-order valence-corrected chi connectivity index (χ3v) is 2.96. The molecular formula is C15H22O5. The smallest absolute Gasteiger partial charge is 0.338 e. The SMILES string of the molecule is CC(C)CCCCCOC(=O)c1cc(O)c(O)c(O)c1. The molecule has 0 heterocycles. The van der Waals surface area contributed by atoms with E-state index in [4.69, 9.17) is 4.74 Å². The van der Waals surface area contributed by atoms with Crippen LogP contribution in [0.25, 0.3) is 0 Å². The Hall–Kier alpha value is -1.91. The minimum atomic E-state index is -0.643. The maximum atomic E-state index is 11.7. The average molecular weight is 282 g/mol. The maximum Gasteiger partial charge on any atom is 0.338 e. The van der Waals surface area contributed by atoms with Gasteiger partial charge in [-0.25, -0.2) is 4.79 Å². The quantitative estimate of drug-likeness (QED) is 0.406. The number of carbonyl (C=O) groups excluding carboxylic acids is 1. The Morgan fingerprint density at radius 2 is 1.70 bits per heavy atom. The molecule has 0 unspecified atom stereocenters. The standard InChI is InChI=1S/C15H22O5/c1-10(2)6-4-3-5-7-20-15(19)11-8-12(16)14(18)13(17)9-11/h8-10,16-18H,3-7H2,1-2H3. The zero-order valence-electron chi connectivity index (χ0n) is 11.9. The molecule has 0 spiro atoms. The normalized spacial score (nSPS) is 10.8. The van der Waals surface area contributed by atoms with Crippen LogP contribution < -0.4 is 0 Å². The molecule has 5 heteroatoms. The molecule has 1 aromatic carbocycles. The molecule has 112 valence electrons. The number of aromatic hydroxyl groups is 3. The van der Waals surface area contributed by atoms with Gasteiger partial charge in [-0.2, -0.15) is 0 Å². The van der Waals surface area contributed by atoms with Gasteiger partial charge in [-0.1, -0.05) is 33.1 Å². The fourth-order valence-electron chi connectivity index (χ4n) is 1.80. The summed E-state index contributed by atoms with van der Waals surface area (Å²) >= 11 is 0. The summed E-state index contributed by atoms with van der Waals surface area (Å²) in [6.07, 6.45) is 4.05. The van der Waals surface area contributed by atoms with Crippen LogP contribution in [0.3, 0.4) is 0 Å². The highest BCUT2D eigenvalue weighted by Gasteiger charge is 2.14. The van der Waals surface area contributed by atoms with E-state index in [-0.39, 0.29) is 5.56 Å². The summed E-state index contributed by atoms with van der Waals surface area (Å²) in [6.45, 7) is 4.65. The van der Waals surface area contributed by atoms with Gasteiger partial charge in [-0.3, -0.25) is 0 Å². The largest absolute Gasteiger partial charge is 0.504 e. The molecule has 0 saturated carbocycles. The summed E-state index contributed by atoms with van der Waals surface area (Å²) in [6, 6.07) is 2.13. The molecule has 0 amide bonds. The van der Waals surface area contributed by atoms with E-state index in [2.05, 4.69) is 13.8 Å². The van der Waals surface area contributed by atoms with Gasteiger partial charge in [-0.05, 0) is 24.5 Å². The first-order chi connectivity index (χ1) is 9.41. The Morgan fingerprint density at radius 1 is 1.10 bits per heavy atom. The van der Waals surface area contributed by atoms with Crippen molar-refractivity contribution in [3.63, 3.8) is 0 Å². The second-order valence-electron chi connectivity index (χ2n) is 5.24. The molecule has 5 nitrogen and oxygen atoms in total. The lowest BCUT2D eigenvalue weighted by Gasteiger charge is -2.07. The first-order valence-electron chi connectivity index (χ1n) is 6.84. The van der Waals surface area contributed by atoms with Crippen molar-refractivity contribution in [2.75, 3.05) is 6.61 Å². The molecule has 1 rings (SSSR count). The topological polar surface area (TPSA) is 87.0 Å². The van der Waals surface area contributed by atoms with Gasteiger partial charge in [0.15, 0.2) is 17.2 Å². The molecule has 0 fully saturated rings. The van der Waals surface area contributed by atoms with E-state index in [9.17, 15) is 20.1 Å². The minimum Gasteiger partial charge on any atom is -0.504 e. The van der Waals surface area contributed by atoms with Gasteiger partial charge in [0.1, 0.15) is 0 Å². The van der Waals surface area contributed by atoms with Crippen LogP contribution in [-0.2, 0) is 4.74 Å². The summed E-state index contributed by atoms with van der Waals surface area (Å²) in [5.74, 6) is -1.68. The minimum absolute atomic E-state index is 0.0139. The number of benzene rings is 1. The van der Waals surface area contributed by atoms with Crippen molar-refractivity contribution in [3.05, 3.63) is 17.7 Å². The molecular weight excluding hydrogens is 260 g/mol. The number of phenolic OH excluding ortho intramolecular Hbond substituents is 3. The van der Waals surface area contributed by atoms with Gasteiger partial charge >= 0.3 is 5.97 Å². The van der Waals surface area contributed by atoms with Crippen LogP contribution in [-0.4, -0.2) is 27.9 Å². The summed E-state index contributed by atoms with van der Waals surface area (Å²) in [5, 5.41) is 27.8. The highest BCUT2D eigenvalue weighted by atomic mass is 16.5. The Morgan fingerprint density at radius 3 is 2.25 bits per heavy atom. The number of rotatable bonds is 7. The number of ether oxygens (including phenoxy) is 1. The van der Waals surface area contributed by atoms with Gasteiger partial charge in [-0.15, -0.1) is 0 Å². The van der Waals surface area contributed by atoms with Crippen LogP contribution in [0.4, 0.5) is 0 Å². The Kier molecular flexibility index (Phi) is 6.15. The lowest BCUT2D eigenvalue weighted by molar-refractivity contribution is 0.0496. The van der Waals surface area contributed by atoms with Crippen LogP contribution in [0.5, 0.6) is 17.2 Å². The van der Waals surface area contributed by atoms with Crippen LogP contribution in [0.2, 0.25) is 0 Å². The predicted octanol–water partition coefficient (Wildman–Crippen LogP) is 3.18. The summed E-state index contributed by atoms with van der Waals surface area (Å²) in [7, 11) is 0. The molecule has 0 aliphatic heterocycles. The third kappa shape index (κ3) is 4.99. The number of hydrogen-bond acceptors (Lipinski definition) is 5. The summed E-state index contributed by atoms with van der Waals surface area (Å²) < 4.78 is 5.04. The molecule has 0 bridgehead atoms. The second-order valence-corrected chi connectivity index (χ2v) is 5.24. The van der Waals surface area contributed by atoms with E-state index in [0.29, 0.717) is 12.5 Å². The number of unbranched alkanes of at least 4 members (excludes halogenated alkanes) is 2. The van der Waals surface area contributed by atoms with Gasteiger partial charge in [0.05, 0.1) is 12.2 Å². The Labute approximate surface area is 118 Å². The Balaban J connectivity index is 2.36. The molecule has 20 heavy (non-hydrogen) atoms. The van der Waals surface area contributed by atoms with Crippen molar-refractivity contribution in [2.24, 2.45) is 5.92 Å². The molecule has 0 aromatic heterocycles. The van der Waals surface area contributed by atoms with E-state index in [1.165, 1.54) is 0 Å². The van der Waals surface area contributed by atoms with Crippen molar-refractivity contribution in [2.45, 2.75) is 39.5 Å². The molecule has 0 radical (unpaired) electrons. The highest BCUT2D eigenvalue weighted by Crippen LogP contribution is 2.35. The number of phenols is 3. The lowest BCUT2D eigenvalue weighted by atomic mass is 10.1. The fraction of sp³-hybridized carbons (Fsp3) is 0.533. The van der Waals surface area contributed by atoms with E-state index in [0.717, 1.165) is 37.8 Å². The van der Waals surface area contributed by atoms with Crippen molar-refractivity contribution in [1.82, 2.24) is 0 Å². The van der Waals surface area contributed by atoms with Crippen molar-refractivity contribution < 1.29 is 24.9 Å². The van der Waals surface area contributed by atoms with Crippen LogP contribution in [0, 0.1) is 5.92 Å². The van der Waals surface area contributed by atoms with Crippen molar-refractivity contribution in [1.29, 1.82) is 0 Å². The van der Waals surface area contributed by atoms with E-state index >= 15 is 0 Å². The summed E-state index contributed by atoms with van der Waals surface area (Å²) in [5.41, 5.74) is 0.0139. The second kappa shape index (κ2) is 7.62. The molecule has 1 aromatic rings. The molecule has 0 atom stereocenters. The maximum absolute atomic E-state index is 11.7. The van der Waals surface area contributed by atoms with E-state index in [1.54, 1.807) is 0 Å². The predicted molar refractivity (Wildman–Crippen MR) is 75.0 cm³/mol. The van der Waals surface area contributed by atoms with Gasteiger partial charge < -0.3 is 20.1 Å². The number of esters is 1. The summed E-state index contributed by atoms with van der Waals surface area (Å²) in [4.78, 5) is 11.7. The fourth-order valence-corrected chi connectivity index (χ4v) is 1.80. The van der Waals surface area contributed by atoms with Gasteiger partial charge in [0.2, 0.25) is 0 Å². The molecule has 0 saturated heterocycles. The number of carbonyl (C=O) groups is 1. The zero-order valence-corrected chi connectivity index (χ0v) is 11.9. The van der Waals surface area contributed by atoms with Crippen molar-refractivity contribution in [3.8, 4) is 17.2 Å². The molecule has 3 N–H and O–H groups in total. The zero-order chi connectivity index (χ0) is 15.1. The van der Waals surface area contributed by atoms with Crippen LogP contribution >= 0.6 is 0 Å². The first kappa shape index (κ1) is 16.1. The third-order valence-electron chi connectivity index (χ3n) is 2.96. The molecule has 0 aliphatic rings. The van der Waals surface area contributed by atoms with Crippen LogP contribution in [0.15, 0.2) is 12.1 Å². The Bertz CT molecular complexity index is 431. The molecule has 0 aliphatic carbocycles. The van der Waals surface area contributed by atoms with Gasteiger partial charge in [0.25, 0.3) is 0 Å². The number of hydrogen-bond donors (Lipinski definition) is 3. The van der Waals surface area contributed by atoms with E-state index in [1.807, 2.05) is 0 Å². The van der Waals surface area contributed by atoms with E-state index < -0.39 is 23.2 Å².